The Kier molecular flexibility index (Phi) is 6.24. The van der Waals surface area contributed by atoms with Crippen molar-refractivity contribution in [3.05, 3.63) is 138 Å². The van der Waals surface area contributed by atoms with Crippen LogP contribution < -0.4 is 5.46 Å². The maximum absolute atomic E-state index is 9.52. The molecular formula is C36H24BBrO2. The van der Waals surface area contributed by atoms with E-state index >= 15 is 0 Å². The number of benzene rings is 8. The van der Waals surface area contributed by atoms with Crippen LogP contribution in [-0.4, -0.2) is 17.2 Å². The van der Waals surface area contributed by atoms with Crippen LogP contribution in [0.5, 0.6) is 0 Å². The molecule has 2 nitrogen and oxygen atoms in total. The molecule has 0 spiro atoms. The van der Waals surface area contributed by atoms with Crippen molar-refractivity contribution < 1.29 is 10.0 Å². The molecule has 2 N–H and O–H groups in total. The predicted molar refractivity (Wildman–Crippen MR) is 175 cm³/mol. The number of rotatable bonds is 1. The van der Waals surface area contributed by atoms with Crippen molar-refractivity contribution in [2.24, 2.45) is 0 Å². The van der Waals surface area contributed by atoms with E-state index < -0.39 is 7.12 Å². The largest absolute Gasteiger partial charge is 0.489 e. The Morgan fingerprint density at radius 2 is 0.800 bits per heavy atom. The molecule has 190 valence electrons. The highest BCUT2D eigenvalue weighted by molar-refractivity contribution is 9.10. The van der Waals surface area contributed by atoms with Crippen LogP contribution >= 0.6 is 15.9 Å². The van der Waals surface area contributed by atoms with Gasteiger partial charge in [-0.2, -0.15) is 0 Å². The van der Waals surface area contributed by atoms with Gasteiger partial charge in [0.1, 0.15) is 0 Å². The topological polar surface area (TPSA) is 40.5 Å². The summed E-state index contributed by atoms with van der Waals surface area (Å²) < 4.78 is 1.15. The van der Waals surface area contributed by atoms with Crippen LogP contribution in [-0.2, 0) is 0 Å². The summed E-state index contributed by atoms with van der Waals surface area (Å²) in [7, 11) is -1.45. The molecule has 0 fully saturated rings. The molecule has 40 heavy (non-hydrogen) atoms. The minimum absolute atomic E-state index is 0.544. The number of hydrogen-bond donors (Lipinski definition) is 2. The van der Waals surface area contributed by atoms with Crippen LogP contribution in [0.15, 0.2) is 138 Å². The molecule has 0 saturated carbocycles. The van der Waals surface area contributed by atoms with Gasteiger partial charge in [0, 0.05) is 4.47 Å². The van der Waals surface area contributed by atoms with Crippen LogP contribution in [0, 0.1) is 0 Å². The Hall–Kier alpha value is -4.22. The van der Waals surface area contributed by atoms with Crippen LogP contribution in [0.1, 0.15) is 0 Å². The quantitative estimate of drug-likeness (QED) is 0.116. The minimum Gasteiger partial charge on any atom is -0.423 e. The standard InChI is InChI=1S/C18H13BO2.C18H11Br/c20-19(21)18-7-3-5-13-10-16-14(11-17(13)18)9-8-12-4-1-2-6-15(12)16;19-18-7-3-5-13-10-16-14(11-17(13)18)9-8-12-4-1-2-6-15(12)16/h1-11,20-21H;1-11H. The molecule has 0 aliphatic rings. The maximum atomic E-state index is 9.52. The van der Waals surface area contributed by atoms with Crippen molar-refractivity contribution in [1.82, 2.24) is 0 Å². The highest BCUT2D eigenvalue weighted by Crippen LogP contribution is 2.32. The zero-order chi connectivity index (χ0) is 27.2. The monoisotopic (exact) mass is 578 g/mol. The lowest BCUT2D eigenvalue weighted by atomic mass is 9.77. The predicted octanol–water partition coefficient (Wildman–Crippen LogP) is 8.73. The zero-order valence-corrected chi connectivity index (χ0v) is 23.1. The lowest BCUT2D eigenvalue weighted by molar-refractivity contribution is 0.426. The van der Waals surface area contributed by atoms with Gasteiger partial charge in [0.15, 0.2) is 0 Å². The van der Waals surface area contributed by atoms with Crippen LogP contribution in [0.4, 0.5) is 0 Å². The van der Waals surface area contributed by atoms with Gasteiger partial charge in [-0.1, -0.05) is 119 Å². The van der Waals surface area contributed by atoms with Gasteiger partial charge in [-0.15, -0.1) is 0 Å². The summed E-state index contributed by atoms with van der Waals surface area (Å²) in [5.74, 6) is 0. The average molecular weight is 579 g/mol. The molecule has 0 amide bonds. The fourth-order valence-corrected chi connectivity index (χ4v) is 6.27. The van der Waals surface area contributed by atoms with Gasteiger partial charge in [-0.25, -0.2) is 0 Å². The molecule has 0 radical (unpaired) electrons. The number of hydrogen-bond acceptors (Lipinski definition) is 2. The second-order valence-corrected chi connectivity index (χ2v) is 11.0. The summed E-state index contributed by atoms with van der Waals surface area (Å²) in [5.41, 5.74) is 0.544. The van der Waals surface area contributed by atoms with Gasteiger partial charge in [-0.3, -0.25) is 0 Å². The first-order valence-electron chi connectivity index (χ1n) is 13.3. The van der Waals surface area contributed by atoms with Crippen molar-refractivity contribution in [2.45, 2.75) is 0 Å². The Bertz CT molecular complexity index is 2220. The summed E-state index contributed by atoms with van der Waals surface area (Å²) in [5, 5.41) is 33.4. The Labute approximate surface area is 240 Å². The van der Waals surface area contributed by atoms with Crippen molar-refractivity contribution in [3.8, 4) is 0 Å². The van der Waals surface area contributed by atoms with Crippen molar-refractivity contribution >= 4 is 93.1 Å². The third kappa shape index (κ3) is 4.31. The van der Waals surface area contributed by atoms with Crippen molar-refractivity contribution in [3.63, 3.8) is 0 Å². The van der Waals surface area contributed by atoms with Crippen molar-refractivity contribution in [2.75, 3.05) is 0 Å². The SMILES string of the molecule is Brc1cccc2cc3c(ccc4ccccc43)cc12.OB(O)c1cccc2cc3c(ccc4ccccc43)cc12. The fourth-order valence-electron chi connectivity index (χ4n) is 5.77. The van der Waals surface area contributed by atoms with E-state index in [-0.39, 0.29) is 0 Å². The third-order valence-corrected chi connectivity index (χ3v) is 8.44. The lowest BCUT2D eigenvalue weighted by Crippen LogP contribution is -2.30. The highest BCUT2D eigenvalue weighted by Gasteiger charge is 2.15. The molecule has 0 unspecified atom stereocenters. The fraction of sp³-hybridized carbons (Fsp3) is 0. The van der Waals surface area contributed by atoms with E-state index in [4.69, 9.17) is 0 Å². The van der Waals surface area contributed by atoms with E-state index in [1.54, 1.807) is 6.07 Å². The Morgan fingerprint density at radius 3 is 1.40 bits per heavy atom. The summed E-state index contributed by atoms with van der Waals surface area (Å²) in [6, 6.07) is 46.1. The van der Waals surface area contributed by atoms with E-state index in [0.717, 1.165) is 20.6 Å². The summed E-state index contributed by atoms with van der Waals surface area (Å²) >= 11 is 3.63. The van der Waals surface area contributed by atoms with Gasteiger partial charge in [-0.05, 0) is 100 Å². The van der Waals surface area contributed by atoms with Gasteiger partial charge < -0.3 is 10.0 Å². The average Bonchev–Trinajstić information content (AvgIpc) is 2.99. The van der Waals surface area contributed by atoms with E-state index in [2.05, 4.69) is 113 Å². The number of halogens is 1. The molecule has 0 heterocycles. The molecule has 0 aliphatic carbocycles. The van der Waals surface area contributed by atoms with Gasteiger partial charge in [0.05, 0.1) is 0 Å². The van der Waals surface area contributed by atoms with Crippen LogP contribution in [0.3, 0.4) is 0 Å². The van der Waals surface area contributed by atoms with E-state index in [0.29, 0.717) is 5.46 Å². The van der Waals surface area contributed by atoms with Gasteiger partial charge in [0.2, 0.25) is 0 Å². The highest BCUT2D eigenvalue weighted by atomic mass is 79.9. The molecule has 0 aromatic heterocycles. The molecule has 8 aromatic carbocycles. The first-order valence-corrected chi connectivity index (χ1v) is 14.1. The molecule has 8 aromatic rings. The summed E-state index contributed by atoms with van der Waals surface area (Å²) in [4.78, 5) is 0. The van der Waals surface area contributed by atoms with Crippen molar-refractivity contribution in [1.29, 1.82) is 0 Å². The summed E-state index contributed by atoms with van der Waals surface area (Å²) in [6.07, 6.45) is 0. The van der Waals surface area contributed by atoms with Gasteiger partial charge in [0.25, 0.3) is 0 Å². The van der Waals surface area contributed by atoms with Crippen LogP contribution in [0.25, 0.3) is 64.6 Å². The first-order chi connectivity index (χ1) is 19.6. The minimum atomic E-state index is -1.45. The molecule has 0 atom stereocenters. The van der Waals surface area contributed by atoms with Crippen LogP contribution in [0.2, 0.25) is 0 Å². The van der Waals surface area contributed by atoms with Gasteiger partial charge >= 0.3 is 7.12 Å². The first kappa shape index (κ1) is 24.8. The molecule has 0 bridgehead atoms. The molecule has 8 rings (SSSR count). The number of fused-ring (bicyclic) bond motifs is 8. The third-order valence-electron chi connectivity index (χ3n) is 7.75. The summed E-state index contributed by atoms with van der Waals surface area (Å²) in [6.45, 7) is 0. The molecule has 0 aliphatic heterocycles. The smallest absolute Gasteiger partial charge is 0.423 e. The molecular weight excluding hydrogens is 555 g/mol. The molecule has 4 heteroatoms. The Balaban J connectivity index is 0.000000133. The second-order valence-electron chi connectivity index (χ2n) is 10.1. The zero-order valence-electron chi connectivity index (χ0n) is 21.6. The normalized spacial score (nSPS) is 11.4. The molecule has 0 saturated heterocycles. The second kappa shape index (κ2) is 10.1. The van der Waals surface area contributed by atoms with E-state index in [1.165, 1.54) is 48.5 Å². The van der Waals surface area contributed by atoms with E-state index in [1.807, 2.05) is 30.3 Å². The van der Waals surface area contributed by atoms with E-state index in [9.17, 15) is 10.0 Å². The lowest BCUT2D eigenvalue weighted by Gasteiger charge is -2.09. The Morgan fingerprint density at radius 1 is 0.375 bits per heavy atom. The maximum Gasteiger partial charge on any atom is 0.489 e.